The van der Waals surface area contributed by atoms with Gasteiger partial charge in [0.15, 0.2) is 5.01 Å². The van der Waals surface area contributed by atoms with E-state index in [0.717, 1.165) is 30.1 Å². The number of halogens is 1. The van der Waals surface area contributed by atoms with Gasteiger partial charge in [0, 0.05) is 63.2 Å². The van der Waals surface area contributed by atoms with E-state index < -0.39 is 17.9 Å². The third-order valence-corrected chi connectivity index (χ3v) is 7.05. The topological polar surface area (TPSA) is 137 Å². The quantitative estimate of drug-likeness (QED) is 0.411. The number of anilines is 1. The van der Waals surface area contributed by atoms with E-state index in [1.54, 1.807) is 11.9 Å². The summed E-state index contributed by atoms with van der Waals surface area (Å²) in [6, 6.07) is 2.42. The Morgan fingerprint density at radius 3 is 2.72 bits per heavy atom. The Labute approximate surface area is 218 Å². The molecule has 3 N–H and O–H groups in total. The number of nitrogens with one attached hydrogen (secondary N) is 3. The van der Waals surface area contributed by atoms with Crippen molar-refractivity contribution < 1.29 is 19.2 Å². The van der Waals surface area contributed by atoms with Crippen LogP contribution in [0.1, 0.15) is 40.1 Å². The molecule has 0 bridgehead atoms. The van der Waals surface area contributed by atoms with Gasteiger partial charge < -0.3 is 25.8 Å². The summed E-state index contributed by atoms with van der Waals surface area (Å²) in [6.45, 7) is 4.02. The van der Waals surface area contributed by atoms with E-state index in [4.69, 9.17) is 11.6 Å². The van der Waals surface area contributed by atoms with Gasteiger partial charge in [0.1, 0.15) is 5.82 Å². The number of aromatic nitrogens is 2. The number of rotatable bonds is 9. The van der Waals surface area contributed by atoms with Crippen LogP contribution in [0.25, 0.3) is 0 Å². The Morgan fingerprint density at radius 1 is 1.25 bits per heavy atom. The minimum absolute atomic E-state index is 0.0387. The Hall–Kier alpha value is -3.09. The number of hydrogen-bond acceptors (Lipinski definition) is 8. The monoisotopic (exact) mass is 535 g/mol. The summed E-state index contributed by atoms with van der Waals surface area (Å²) in [6.07, 6.45) is 2.58. The first-order chi connectivity index (χ1) is 17.2. The molecule has 0 aromatic carbocycles. The number of likely N-dealkylation sites (N-methyl/N-ethyl adjacent to an activating group) is 1. The molecular formula is C23H30ClN7O4S. The van der Waals surface area contributed by atoms with E-state index in [-0.39, 0.29) is 37.0 Å². The molecule has 1 aliphatic heterocycles. The molecule has 2 aromatic rings. The van der Waals surface area contributed by atoms with Gasteiger partial charge in [0.2, 0.25) is 5.91 Å². The SMILES string of the molecule is CCN(C)C(=O)CCC(CNC(=O)C(=O)Nc1ccc(Cl)cn1)NC(=O)c1nc2c(s1)CN(C)CC2. The third kappa shape index (κ3) is 7.70. The number of carbonyl (C=O) groups is 4. The van der Waals surface area contributed by atoms with Gasteiger partial charge in [-0.05, 0) is 32.5 Å². The molecule has 1 aliphatic rings. The molecule has 0 radical (unpaired) electrons. The molecule has 36 heavy (non-hydrogen) atoms. The number of thiazole rings is 1. The smallest absolute Gasteiger partial charge is 0.314 e. The van der Waals surface area contributed by atoms with E-state index >= 15 is 0 Å². The summed E-state index contributed by atoms with van der Waals surface area (Å²) in [5, 5.41) is 8.51. The molecule has 1 unspecified atom stereocenters. The Kier molecular flexibility index (Phi) is 9.73. The zero-order chi connectivity index (χ0) is 26.2. The van der Waals surface area contributed by atoms with E-state index in [9.17, 15) is 19.2 Å². The van der Waals surface area contributed by atoms with Crippen molar-refractivity contribution >= 4 is 52.4 Å². The molecule has 0 saturated heterocycles. The predicted molar refractivity (Wildman–Crippen MR) is 137 cm³/mol. The van der Waals surface area contributed by atoms with Crippen molar-refractivity contribution in [2.75, 3.05) is 39.0 Å². The van der Waals surface area contributed by atoms with Gasteiger partial charge in [0.25, 0.3) is 5.91 Å². The second-order valence-corrected chi connectivity index (χ2v) is 10.0. The fourth-order valence-corrected chi connectivity index (χ4v) is 4.68. The number of pyridine rings is 1. The molecule has 0 aliphatic carbocycles. The fraction of sp³-hybridized carbons (Fsp3) is 0.478. The van der Waals surface area contributed by atoms with Crippen molar-refractivity contribution in [1.82, 2.24) is 30.4 Å². The van der Waals surface area contributed by atoms with Crippen LogP contribution in [0, 0.1) is 0 Å². The molecule has 0 fully saturated rings. The minimum atomic E-state index is -0.909. The Balaban J connectivity index is 1.61. The summed E-state index contributed by atoms with van der Waals surface area (Å²) in [7, 11) is 3.72. The lowest BCUT2D eigenvalue weighted by Gasteiger charge is -2.20. The van der Waals surface area contributed by atoms with Crippen LogP contribution in [0.2, 0.25) is 5.02 Å². The molecule has 3 rings (SSSR count). The summed E-state index contributed by atoms with van der Waals surface area (Å²) >= 11 is 7.12. The first-order valence-corrected chi connectivity index (χ1v) is 12.8. The van der Waals surface area contributed by atoms with Gasteiger partial charge in [-0.15, -0.1) is 11.3 Å². The number of fused-ring (bicyclic) bond motifs is 1. The minimum Gasteiger partial charge on any atom is -0.346 e. The Bertz CT molecular complexity index is 1110. The van der Waals surface area contributed by atoms with Gasteiger partial charge in [-0.1, -0.05) is 11.6 Å². The number of hydrogen-bond donors (Lipinski definition) is 3. The average molecular weight is 536 g/mol. The molecule has 4 amide bonds. The van der Waals surface area contributed by atoms with Crippen LogP contribution in [0.15, 0.2) is 18.3 Å². The van der Waals surface area contributed by atoms with Crippen molar-refractivity contribution in [2.24, 2.45) is 0 Å². The number of carbonyl (C=O) groups excluding carboxylic acids is 4. The van der Waals surface area contributed by atoms with Crippen LogP contribution < -0.4 is 16.0 Å². The molecular weight excluding hydrogens is 506 g/mol. The van der Waals surface area contributed by atoms with E-state index in [1.165, 1.54) is 29.7 Å². The summed E-state index contributed by atoms with van der Waals surface area (Å²) in [4.78, 5) is 63.1. The zero-order valence-electron chi connectivity index (χ0n) is 20.5. The second kappa shape index (κ2) is 12.7. The maximum Gasteiger partial charge on any atom is 0.314 e. The van der Waals surface area contributed by atoms with Gasteiger partial charge >= 0.3 is 11.8 Å². The van der Waals surface area contributed by atoms with Crippen LogP contribution in [-0.4, -0.2) is 83.2 Å². The van der Waals surface area contributed by atoms with Crippen molar-refractivity contribution in [2.45, 2.75) is 38.8 Å². The highest BCUT2D eigenvalue weighted by Crippen LogP contribution is 2.24. The lowest BCUT2D eigenvalue weighted by atomic mass is 10.1. The predicted octanol–water partition coefficient (Wildman–Crippen LogP) is 1.29. The first-order valence-electron chi connectivity index (χ1n) is 11.6. The highest BCUT2D eigenvalue weighted by Gasteiger charge is 2.24. The molecule has 194 valence electrons. The van der Waals surface area contributed by atoms with E-state index in [1.807, 2.05) is 14.0 Å². The van der Waals surface area contributed by atoms with Crippen LogP contribution in [-0.2, 0) is 27.3 Å². The largest absolute Gasteiger partial charge is 0.346 e. The normalized spacial score (nSPS) is 13.9. The maximum absolute atomic E-state index is 13.0. The average Bonchev–Trinajstić information content (AvgIpc) is 3.29. The zero-order valence-corrected chi connectivity index (χ0v) is 22.0. The summed E-state index contributed by atoms with van der Waals surface area (Å²) in [5.74, 6) is -2.08. The van der Waals surface area contributed by atoms with Crippen LogP contribution in [0.5, 0.6) is 0 Å². The lowest BCUT2D eigenvalue weighted by molar-refractivity contribution is -0.136. The first kappa shape index (κ1) is 27.5. The van der Waals surface area contributed by atoms with Crippen LogP contribution >= 0.6 is 22.9 Å². The van der Waals surface area contributed by atoms with Gasteiger partial charge in [-0.3, -0.25) is 19.2 Å². The fourth-order valence-electron chi connectivity index (χ4n) is 3.48. The third-order valence-electron chi connectivity index (χ3n) is 5.74. The lowest BCUT2D eigenvalue weighted by Crippen LogP contribution is -2.46. The van der Waals surface area contributed by atoms with Crippen LogP contribution in [0.4, 0.5) is 5.82 Å². The molecule has 13 heteroatoms. The molecule has 0 spiro atoms. The van der Waals surface area contributed by atoms with Crippen molar-refractivity contribution in [1.29, 1.82) is 0 Å². The van der Waals surface area contributed by atoms with Crippen molar-refractivity contribution in [3.63, 3.8) is 0 Å². The maximum atomic E-state index is 13.0. The molecule has 0 saturated carbocycles. The van der Waals surface area contributed by atoms with Gasteiger partial charge in [-0.25, -0.2) is 9.97 Å². The van der Waals surface area contributed by atoms with Crippen molar-refractivity contribution in [3.05, 3.63) is 38.9 Å². The van der Waals surface area contributed by atoms with E-state index in [0.29, 0.717) is 16.6 Å². The number of nitrogens with zero attached hydrogens (tertiary/aromatic N) is 4. The molecule has 11 nitrogen and oxygen atoms in total. The Morgan fingerprint density at radius 2 is 2.03 bits per heavy atom. The molecule has 3 heterocycles. The number of amides is 4. The van der Waals surface area contributed by atoms with Crippen molar-refractivity contribution in [3.8, 4) is 0 Å². The van der Waals surface area contributed by atoms with Crippen LogP contribution in [0.3, 0.4) is 0 Å². The van der Waals surface area contributed by atoms with Gasteiger partial charge in [0.05, 0.1) is 10.7 Å². The highest BCUT2D eigenvalue weighted by molar-refractivity contribution is 7.13. The molecule has 2 aromatic heterocycles. The highest BCUT2D eigenvalue weighted by atomic mass is 35.5. The second-order valence-electron chi connectivity index (χ2n) is 8.52. The molecule has 1 atom stereocenters. The standard InChI is InChI=1S/C23H30ClN7O4S/c1-4-31(3)19(32)8-6-15(12-26-20(33)21(34)29-18-7-5-14(24)11-25-18)27-22(35)23-28-16-9-10-30(2)13-17(16)36-23/h5,7,11,15H,4,6,8-10,12-13H2,1-3H3,(H,26,33)(H,27,35)(H,25,29,34). The van der Waals surface area contributed by atoms with E-state index in [2.05, 4.69) is 30.8 Å². The van der Waals surface area contributed by atoms with Gasteiger partial charge in [-0.2, -0.15) is 0 Å². The summed E-state index contributed by atoms with van der Waals surface area (Å²) in [5.41, 5.74) is 0.931. The summed E-state index contributed by atoms with van der Waals surface area (Å²) < 4.78 is 0.